The molecule has 0 radical (unpaired) electrons. The van der Waals surface area contributed by atoms with E-state index in [0.29, 0.717) is 4.60 Å². The fourth-order valence-electron chi connectivity index (χ4n) is 0.388. The Bertz CT molecular complexity index is 215. The zero-order valence-corrected chi connectivity index (χ0v) is 7.70. The predicted molar refractivity (Wildman–Crippen MR) is 44.2 cm³/mol. The summed E-state index contributed by atoms with van der Waals surface area (Å²) >= 11 is 14.0. The first-order chi connectivity index (χ1) is 4.61. The molecule has 0 unspecified atom stereocenters. The quantitative estimate of drug-likeness (QED) is 0.759. The van der Waals surface area contributed by atoms with E-state index in [1.807, 2.05) is 0 Å². The number of rotatable bonds is 0. The summed E-state index contributed by atoms with van der Waals surface area (Å²) in [6, 6.07) is 0. The van der Waals surface area contributed by atoms with Gasteiger partial charge in [-0.05, 0) is 15.9 Å². The van der Waals surface area contributed by atoms with Crippen LogP contribution in [0.15, 0.2) is 4.60 Å². The highest BCUT2D eigenvalue weighted by Crippen LogP contribution is 2.22. The van der Waals surface area contributed by atoms with Crippen molar-refractivity contribution in [2.75, 3.05) is 5.73 Å². The molecule has 54 valence electrons. The lowest BCUT2D eigenvalue weighted by molar-refractivity contribution is 1.18. The molecule has 0 aliphatic carbocycles. The third-order valence-corrected chi connectivity index (χ3v) is 2.00. The molecule has 0 spiro atoms. The molecule has 0 bridgehead atoms. The van der Waals surface area contributed by atoms with E-state index in [9.17, 15) is 0 Å². The number of nitrogens with two attached hydrogens (primary N) is 1. The number of hydrogen-bond acceptors (Lipinski definition) is 3. The van der Waals surface area contributed by atoms with Crippen LogP contribution in [0.25, 0.3) is 0 Å². The molecule has 1 aromatic rings. The van der Waals surface area contributed by atoms with E-state index in [2.05, 4.69) is 25.9 Å². The van der Waals surface area contributed by atoms with Gasteiger partial charge >= 0.3 is 0 Å². The number of aromatic nitrogens is 2. The minimum Gasteiger partial charge on any atom is -0.381 e. The summed E-state index contributed by atoms with van der Waals surface area (Å²) in [5.41, 5.74) is 5.33. The van der Waals surface area contributed by atoms with Crippen molar-refractivity contribution in [3.8, 4) is 0 Å². The minimum absolute atomic E-state index is 0.113. The first-order valence-electron chi connectivity index (χ1n) is 2.25. The molecule has 6 heteroatoms. The van der Waals surface area contributed by atoms with Crippen molar-refractivity contribution in [3.05, 3.63) is 14.9 Å². The van der Waals surface area contributed by atoms with Gasteiger partial charge in [0.2, 0.25) is 0 Å². The Kier molecular flexibility index (Phi) is 2.33. The first kappa shape index (κ1) is 8.04. The zero-order valence-electron chi connectivity index (χ0n) is 4.61. The third kappa shape index (κ3) is 1.51. The van der Waals surface area contributed by atoms with Crippen LogP contribution >= 0.6 is 39.1 Å². The van der Waals surface area contributed by atoms with Crippen LogP contribution in [0, 0.1) is 0 Å². The smallest absolute Gasteiger partial charge is 0.168 e. The van der Waals surface area contributed by atoms with E-state index in [4.69, 9.17) is 28.9 Å². The topological polar surface area (TPSA) is 51.8 Å². The number of nitrogens with zero attached hydrogens (tertiary/aromatic N) is 2. The van der Waals surface area contributed by atoms with Crippen molar-refractivity contribution >= 4 is 44.9 Å². The van der Waals surface area contributed by atoms with E-state index >= 15 is 0 Å². The molecule has 0 amide bonds. The molecular weight excluding hydrogens is 241 g/mol. The first-order valence-corrected chi connectivity index (χ1v) is 3.80. The van der Waals surface area contributed by atoms with E-state index < -0.39 is 0 Å². The van der Waals surface area contributed by atoms with Crippen LogP contribution in [0.5, 0.6) is 0 Å². The highest BCUT2D eigenvalue weighted by molar-refractivity contribution is 9.10. The van der Waals surface area contributed by atoms with Gasteiger partial charge in [-0.3, -0.25) is 0 Å². The summed E-state index contributed by atoms with van der Waals surface area (Å²) in [5.74, 6) is 0.231. The second-order valence-corrected chi connectivity index (χ2v) is 2.95. The molecule has 1 aromatic heterocycles. The standard InChI is InChI=1S/C4H2BrCl2N3/c5-1-4(8)10-3(7)2(6)9-1/h(H2,8,10). The molecular formula is C4H2BrCl2N3. The van der Waals surface area contributed by atoms with Crippen molar-refractivity contribution in [2.24, 2.45) is 0 Å². The molecule has 2 N–H and O–H groups in total. The molecule has 0 aromatic carbocycles. The Morgan fingerprint density at radius 1 is 1.20 bits per heavy atom. The average Bonchev–Trinajstić information content (AvgIpc) is 1.84. The molecule has 0 aliphatic heterocycles. The second kappa shape index (κ2) is 2.90. The van der Waals surface area contributed by atoms with Gasteiger partial charge in [0.1, 0.15) is 4.60 Å². The molecule has 1 rings (SSSR count). The van der Waals surface area contributed by atoms with Crippen molar-refractivity contribution in [1.29, 1.82) is 0 Å². The second-order valence-electron chi connectivity index (χ2n) is 1.48. The van der Waals surface area contributed by atoms with Crippen LogP contribution in [-0.2, 0) is 0 Å². The Hall–Kier alpha value is -0.0600. The molecule has 3 nitrogen and oxygen atoms in total. The SMILES string of the molecule is Nc1nc(Cl)c(Cl)nc1Br. The number of hydrogen-bond donors (Lipinski definition) is 1. The summed E-state index contributed by atoms with van der Waals surface area (Å²) in [5, 5.41) is 0.255. The van der Waals surface area contributed by atoms with Crippen molar-refractivity contribution in [2.45, 2.75) is 0 Å². The molecule has 10 heavy (non-hydrogen) atoms. The zero-order chi connectivity index (χ0) is 7.72. The number of halogens is 3. The van der Waals surface area contributed by atoms with Crippen molar-refractivity contribution in [1.82, 2.24) is 9.97 Å². The minimum atomic E-state index is 0.113. The Morgan fingerprint density at radius 3 is 2.20 bits per heavy atom. The van der Waals surface area contributed by atoms with Gasteiger partial charge in [-0.15, -0.1) is 0 Å². The molecule has 1 heterocycles. The van der Waals surface area contributed by atoms with Crippen LogP contribution in [0.4, 0.5) is 5.82 Å². The Balaban J connectivity index is 3.28. The fourth-order valence-corrected chi connectivity index (χ4v) is 1.02. The molecule has 0 fully saturated rings. The van der Waals surface area contributed by atoms with Gasteiger partial charge < -0.3 is 5.73 Å². The van der Waals surface area contributed by atoms with E-state index in [-0.39, 0.29) is 16.1 Å². The fraction of sp³-hybridized carbons (Fsp3) is 0. The van der Waals surface area contributed by atoms with Crippen molar-refractivity contribution in [3.63, 3.8) is 0 Å². The van der Waals surface area contributed by atoms with Gasteiger partial charge in [-0.1, -0.05) is 23.2 Å². The maximum atomic E-state index is 5.49. The van der Waals surface area contributed by atoms with E-state index in [1.54, 1.807) is 0 Å². The van der Waals surface area contributed by atoms with Crippen LogP contribution in [0.2, 0.25) is 10.3 Å². The Morgan fingerprint density at radius 2 is 1.70 bits per heavy atom. The van der Waals surface area contributed by atoms with Gasteiger partial charge in [0, 0.05) is 0 Å². The van der Waals surface area contributed by atoms with Crippen molar-refractivity contribution < 1.29 is 0 Å². The summed E-state index contributed by atoms with van der Waals surface area (Å²) in [6.07, 6.45) is 0. The van der Waals surface area contributed by atoms with Crippen LogP contribution in [0.3, 0.4) is 0 Å². The van der Waals surface area contributed by atoms with Gasteiger partial charge in [-0.2, -0.15) is 0 Å². The average molecular weight is 243 g/mol. The van der Waals surface area contributed by atoms with Gasteiger partial charge in [0.05, 0.1) is 0 Å². The monoisotopic (exact) mass is 241 g/mol. The summed E-state index contributed by atoms with van der Waals surface area (Å²) < 4.78 is 0.405. The maximum absolute atomic E-state index is 5.49. The maximum Gasteiger partial charge on any atom is 0.168 e. The molecule has 0 atom stereocenters. The lowest BCUT2D eigenvalue weighted by Gasteiger charge is -1.97. The number of nitrogen functional groups attached to an aromatic ring is 1. The van der Waals surface area contributed by atoms with Gasteiger partial charge in [-0.25, -0.2) is 9.97 Å². The van der Waals surface area contributed by atoms with Gasteiger partial charge in [0.15, 0.2) is 16.1 Å². The molecule has 0 saturated heterocycles. The Labute approximate surface area is 75.7 Å². The molecule has 0 aliphatic rings. The van der Waals surface area contributed by atoms with Gasteiger partial charge in [0.25, 0.3) is 0 Å². The normalized spacial score (nSPS) is 9.90. The summed E-state index contributed by atoms with van der Waals surface area (Å²) in [6.45, 7) is 0. The predicted octanol–water partition coefficient (Wildman–Crippen LogP) is 2.13. The highest BCUT2D eigenvalue weighted by atomic mass is 79.9. The largest absolute Gasteiger partial charge is 0.381 e. The van der Waals surface area contributed by atoms with E-state index in [0.717, 1.165) is 0 Å². The lowest BCUT2D eigenvalue weighted by atomic mass is 10.7. The third-order valence-electron chi connectivity index (χ3n) is 0.797. The lowest BCUT2D eigenvalue weighted by Crippen LogP contribution is -1.94. The van der Waals surface area contributed by atoms with E-state index in [1.165, 1.54) is 0 Å². The van der Waals surface area contributed by atoms with Crippen LogP contribution < -0.4 is 5.73 Å². The summed E-state index contributed by atoms with van der Waals surface area (Å²) in [4.78, 5) is 7.41. The summed E-state index contributed by atoms with van der Waals surface area (Å²) in [7, 11) is 0. The molecule has 0 saturated carbocycles. The highest BCUT2D eigenvalue weighted by Gasteiger charge is 2.04. The van der Waals surface area contributed by atoms with Crippen LogP contribution in [0.1, 0.15) is 0 Å². The van der Waals surface area contributed by atoms with Crippen LogP contribution in [-0.4, -0.2) is 9.97 Å². The number of anilines is 1.